The first-order valence-corrected chi connectivity index (χ1v) is 11.6. The van der Waals surface area contributed by atoms with Crippen LogP contribution in [-0.2, 0) is 14.6 Å². The molecule has 0 unspecified atom stereocenters. The van der Waals surface area contributed by atoms with Crippen molar-refractivity contribution in [3.8, 4) is 5.75 Å². The minimum absolute atomic E-state index is 0.0646. The lowest BCUT2D eigenvalue weighted by Gasteiger charge is -2.34. The number of methoxy groups -OCH3 is 1. The molecule has 25 heavy (non-hydrogen) atoms. The molecular weight excluding hydrogens is 358 g/mol. The van der Waals surface area contributed by atoms with Gasteiger partial charge in [0, 0.05) is 17.0 Å². The minimum Gasteiger partial charge on any atom is -0.497 e. The number of sulfone groups is 1. The van der Waals surface area contributed by atoms with Crippen LogP contribution in [0.2, 0.25) is 0 Å². The zero-order chi connectivity index (χ0) is 17.9. The summed E-state index contributed by atoms with van der Waals surface area (Å²) in [6.45, 7) is 0. The zero-order valence-electron chi connectivity index (χ0n) is 14.5. The lowest BCUT2D eigenvalue weighted by molar-refractivity contribution is -0.132. The largest absolute Gasteiger partial charge is 0.497 e. The maximum atomic E-state index is 12.9. The van der Waals surface area contributed by atoms with E-state index in [9.17, 15) is 13.2 Å². The van der Waals surface area contributed by atoms with Crippen molar-refractivity contribution in [2.75, 3.05) is 24.4 Å². The number of benzene rings is 1. The fraction of sp³-hybridized carbons (Fsp3) is 0.611. The number of carbonyl (C=O) groups excluding carboxylic acids is 1. The maximum absolute atomic E-state index is 12.9. The molecule has 7 heteroatoms. The van der Waals surface area contributed by atoms with Crippen molar-refractivity contribution in [2.24, 2.45) is 0 Å². The molecule has 0 aromatic heterocycles. The van der Waals surface area contributed by atoms with E-state index in [1.165, 1.54) is 11.8 Å². The summed E-state index contributed by atoms with van der Waals surface area (Å²) >= 11 is 1.50. The van der Waals surface area contributed by atoms with E-state index < -0.39 is 9.84 Å². The van der Waals surface area contributed by atoms with Crippen molar-refractivity contribution in [3.63, 3.8) is 0 Å². The average Bonchev–Trinajstić information content (AvgIpc) is 3.24. The Morgan fingerprint density at radius 3 is 2.40 bits per heavy atom. The summed E-state index contributed by atoms with van der Waals surface area (Å²) in [5.41, 5.74) is 0. The predicted octanol–water partition coefficient (Wildman–Crippen LogP) is 2.75. The Labute approximate surface area is 154 Å². The molecule has 1 aromatic rings. The zero-order valence-corrected chi connectivity index (χ0v) is 16.2. The number of carbonyl (C=O) groups is 1. The van der Waals surface area contributed by atoms with E-state index >= 15 is 0 Å². The molecule has 1 heterocycles. The number of hydrogen-bond donors (Lipinski definition) is 0. The van der Waals surface area contributed by atoms with Gasteiger partial charge in [0.25, 0.3) is 0 Å². The van der Waals surface area contributed by atoms with Crippen molar-refractivity contribution in [3.05, 3.63) is 24.3 Å². The van der Waals surface area contributed by atoms with Gasteiger partial charge in [-0.1, -0.05) is 12.8 Å². The van der Waals surface area contributed by atoms with Gasteiger partial charge < -0.3 is 9.64 Å². The predicted molar refractivity (Wildman–Crippen MR) is 99.9 cm³/mol. The Morgan fingerprint density at radius 2 is 1.84 bits per heavy atom. The Morgan fingerprint density at radius 1 is 1.16 bits per heavy atom. The van der Waals surface area contributed by atoms with Gasteiger partial charge in [0.15, 0.2) is 9.84 Å². The highest BCUT2D eigenvalue weighted by atomic mass is 32.2. The van der Waals surface area contributed by atoms with E-state index in [0.29, 0.717) is 12.2 Å². The van der Waals surface area contributed by atoms with Gasteiger partial charge in [-0.3, -0.25) is 4.79 Å². The van der Waals surface area contributed by atoms with Crippen LogP contribution in [0.5, 0.6) is 5.75 Å². The van der Waals surface area contributed by atoms with Crippen LogP contribution < -0.4 is 4.74 Å². The van der Waals surface area contributed by atoms with Crippen LogP contribution in [0, 0.1) is 0 Å². The summed E-state index contributed by atoms with van der Waals surface area (Å²) in [5, 5.41) is 0. The Hall–Kier alpha value is -1.21. The molecule has 0 radical (unpaired) electrons. The highest BCUT2D eigenvalue weighted by molar-refractivity contribution is 8.00. The fourth-order valence-corrected chi connectivity index (χ4v) is 6.25. The second-order valence-electron chi connectivity index (χ2n) is 6.76. The van der Waals surface area contributed by atoms with Crippen molar-refractivity contribution in [1.29, 1.82) is 0 Å². The molecule has 138 valence electrons. The molecule has 1 amide bonds. The van der Waals surface area contributed by atoms with Gasteiger partial charge >= 0.3 is 0 Å². The molecule has 0 bridgehead atoms. The highest BCUT2D eigenvalue weighted by Gasteiger charge is 2.38. The first-order chi connectivity index (χ1) is 12.0. The summed E-state index contributed by atoms with van der Waals surface area (Å²) in [5.74, 6) is 1.54. The lowest BCUT2D eigenvalue weighted by atomic mass is 10.1. The lowest BCUT2D eigenvalue weighted by Crippen LogP contribution is -2.47. The van der Waals surface area contributed by atoms with E-state index in [-0.39, 0.29) is 29.5 Å². The van der Waals surface area contributed by atoms with Crippen molar-refractivity contribution in [1.82, 2.24) is 4.90 Å². The number of hydrogen-bond acceptors (Lipinski definition) is 5. The number of nitrogens with zero attached hydrogens (tertiary/aromatic N) is 1. The van der Waals surface area contributed by atoms with E-state index in [4.69, 9.17) is 4.74 Å². The smallest absolute Gasteiger partial charge is 0.233 e. The van der Waals surface area contributed by atoms with Gasteiger partial charge in [-0.2, -0.15) is 0 Å². The van der Waals surface area contributed by atoms with Crippen LogP contribution in [-0.4, -0.2) is 55.7 Å². The molecule has 2 aliphatic rings. The molecule has 1 aromatic carbocycles. The van der Waals surface area contributed by atoms with Crippen molar-refractivity contribution < 1.29 is 17.9 Å². The first-order valence-electron chi connectivity index (χ1n) is 8.77. The van der Waals surface area contributed by atoms with Crippen LogP contribution in [0.4, 0.5) is 0 Å². The van der Waals surface area contributed by atoms with Crippen LogP contribution in [0.25, 0.3) is 0 Å². The summed E-state index contributed by atoms with van der Waals surface area (Å²) in [6, 6.07) is 7.71. The molecule has 5 nitrogen and oxygen atoms in total. The summed E-state index contributed by atoms with van der Waals surface area (Å²) in [4.78, 5) is 15.8. The van der Waals surface area contributed by atoms with E-state index in [2.05, 4.69) is 0 Å². The van der Waals surface area contributed by atoms with Gasteiger partial charge in [-0.05, 0) is 43.5 Å². The molecule has 3 rings (SSSR count). The average molecular weight is 384 g/mol. The SMILES string of the molecule is COc1ccc(SCC(=O)N(C2CCCC2)[C@H]2CCS(=O)(=O)C2)cc1. The molecule has 2 fully saturated rings. The van der Waals surface area contributed by atoms with E-state index in [1.807, 2.05) is 29.2 Å². The Balaban J connectivity index is 1.66. The van der Waals surface area contributed by atoms with Gasteiger partial charge in [0.05, 0.1) is 24.4 Å². The first kappa shape index (κ1) is 18.6. The summed E-state index contributed by atoms with van der Waals surface area (Å²) in [7, 11) is -1.37. The van der Waals surface area contributed by atoms with Crippen LogP contribution in [0.3, 0.4) is 0 Å². The molecule has 0 N–H and O–H groups in total. The summed E-state index contributed by atoms with van der Waals surface area (Å²) in [6.07, 6.45) is 4.82. The monoisotopic (exact) mass is 383 g/mol. The Bertz CT molecular complexity index is 696. The molecule has 1 atom stereocenters. The molecular formula is C18H25NO4S2. The van der Waals surface area contributed by atoms with Crippen LogP contribution >= 0.6 is 11.8 Å². The Kier molecular flexibility index (Phi) is 5.94. The standard InChI is InChI=1S/C18H25NO4S2/c1-23-16-6-8-17(9-7-16)24-12-18(20)19(14-4-2-3-5-14)15-10-11-25(21,22)13-15/h6-9,14-15H,2-5,10-13H2,1H3/t15-/m0/s1. The molecule has 1 aliphatic carbocycles. The fourth-order valence-electron chi connectivity index (χ4n) is 3.77. The molecule has 1 saturated heterocycles. The number of ether oxygens (including phenoxy) is 1. The maximum Gasteiger partial charge on any atom is 0.233 e. The number of amides is 1. The van der Waals surface area contributed by atoms with Gasteiger partial charge in [-0.25, -0.2) is 8.42 Å². The molecule has 1 aliphatic heterocycles. The number of thioether (sulfide) groups is 1. The second kappa shape index (κ2) is 7.99. The molecule has 0 spiro atoms. The quantitative estimate of drug-likeness (QED) is 0.707. The molecule has 1 saturated carbocycles. The third-order valence-corrected chi connectivity index (χ3v) is 7.78. The van der Waals surface area contributed by atoms with Crippen molar-refractivity contribution >= 4 is 27.5 Å². The van der Waals surface area contributed by atoms with Crippen LogP contribution in [0.1, 0.15) is 32.1 Å². The third kappa shape index (κ3) is 4.70. The van der Waals surface area contributed by atoms with Gasteiger partial charge in [-0.15, -0.1) is 11.8 Å². The third-order valence-electron chi connectivity index (χ3n) is 5.03. The highest BCUT2D eigenvalue weighted by Crippen LogP contribution is 2.30. The van der Waals surface area contributed by atoms with Gasteiger partial charge in [0.1, 0.15) is 5.75 Å². The van der Waals surface area contributed by atoms with E-state index in [0.717, 1.165) is 36.3 Å². The van der Waals surface area contributed by atoms with Crippen molar-refractivity contribution in [2.45, 2.75) is 49.1 Å². The van der Waals surface area contributed by atoms with E-state index in [1.54, 1.807) is 7.11 Å². The normalized spacial score (nSPS) is 22.8. The number of rotatable bonds is 6. The van der Waals surface area contributed by atoms with Crippen LogP contribution in [0.15, 0.2) is 29.2 Å². The topological polar surface area (TPSA) is 63.7 Å². The summed E-state index contributed by atoms with van der Waals surface area (Å²) < 4.78 is 28.9. The second-order valence-corrected chi connectivity index (χ2v) is 10.0. The minimum atomic E-state index is -2.99. The van der Waals surface area contributed by atoms with Gasteiger partial charge in [0.2, 0.25) is 5.91 Å².